The lowest BCUT2D eigenvalue weighted by Gasteiger charge is -2.26. The van der Waals surface area contributed by atoms with E-state index in [2.05, 4.69) is 5.32 Å². The second kappa shape index (κ2) is 7.75. The van der Waals surface area contributed by atoms with Crippen LogP contribution in [0.4, 0.5) is 18.9 Å². The van der Waals surface area contributed by atoms with Crippen molar-refractivity contribution in [2.24, 2.45) is 0 Å². The van der Waals surface area contributed by atoms with Crippen molar-refractivity contribution < 1.29 is 27.9 Å². The molecule has 0 spiro atoms. The molecule has 0 saturated carbocycles. The number of benzene rings is 2. The molecule has 0 aromatic heterocycles. The first-order valence-electron chi connectivity index (χ1n) is 8.35. The van der Waals surface area contributed by atoms with Crippen LogP contribution in [-0.2, 0) is 22.3 Å². The van der Waals surface area contributed by atoms with E-state index in [0.717, 1.165) is 23.9 Å². The predicted octanol–water partition coefficient (Wildman–Crippen LogP) is 3.87. The van der Waals surface area contributed by atoms with E-state index in [1.54, 1.807) is 25.2 Å². The van der Waals surface area contributed by atoms with E-state index in [-0.39, 0.29) is 30.3 Å². The zero-order chi connectivity index (χ0) is 20.5. The molecule has 0 aliphatic carbocycles. The molecule has 2 N–H and O–H groups in total. The van der Waals surface area contributed by atoms with Crippen LogP contribution < -0.4 is 5.32 Å². The molecule has 0 radical (unpaired) electrons. The molecule has 2 aromatic rings. The lowest BCUT2D eigenvalue weighted by molar-refractivity contribution is -0.137. The Morgan fingerprint density at radius 2 is 1.96 bits per heavy atom. The van der Waals surface area contributed by atoms with Gasteiger partial charge in [-0.1, -0.05) is 18.2 Å². The van der Waals surface area contributed by atoms with Crippen molar-refractivity contribution in [1.82, 2.24) is 4.90 Å². The van der Waals surface area contributed by atoms with E-state index in [0.29, 0.717) is 10.5 Å². The van der Waals surface area contributed by atoms with Gasteiger partial charge in [-0.15, -0.1) is 11.8 Å². The van der Waals surface area contributed by atoms with E-state index in [1.807, 2.05) is 0 Å². The number of rotatable bonds is 4. The zero-order valence-corrected chi connectivity index (χ0v) is 15.6. The normalized spacial score (nSPS) is 16.3. The van der Waals surface area contributed by atoms with Gasteiger partial charge < -0.3 is 15.3 Å². The fraction of sp³-hybridized carbons (Fsp3) is 0.263. The molecule has 28 heavy (non-hydrogen) atoms. The summed E-state index contributed by atoms with van der Waals surface area (Å²) in [7, 11) is 1.56. The van der Waals surface area contributed by atoms with Crippen LogP contribution in [0.15, 0.2) is 47.4 Å². The summed E-state index contributed by atoms with van der Waals surface area (Å²) in [5.74, 6) is -0.756. The van der Waals surface area contributed by atoms with Gasteiger partial charge in [0.15, 0.2) is 0 Å². The van der Waals surface area contributed by atoms with Gasteiger partial charge in [0, 0.05) is 30.5 Å². The van der Waals surface area contributed by atoms with Gasteiger partial charge in [-0.25, -0.2) is 0 Å². The molecule has 2 aromatic carbocycles. The fourth-order valence-corrected chi connectivity index (χ4v) is 3.85. The van der Waals surface area contributed by atoms with Crippen molar-refractivity contribution in [3.63, 3.8) is 0 Å². The van der Waals surface area contributed by atoms with Crippen LogP contribution in [0.25, 0.3) is 0 Å². The van der Waals surface area contributed by atoms with Gasteiger partial charge in [-0.2, -0.15) is 13.2 Å². The molecule has 9 heteroatoms. The molecule has 2 amide bonds. The third-order valence-corrected chi connectivity index (χ3v) is 5.59. The number of para-hydroxylation sites is 1. The molecule has 148 valence electrons. The average molecular weight is 410 g/mol. The zero-order valence-electron chi connectivity index (χ0n) is 14.8. The van der Waals surface area contributed by atoms with Gasteiger partial charge in [0.1, 0.15) is 5.75 Å². The third-order valence-electron chi connectivity index (χ3n) is 4.31. The van der Waals surface area contributed by atoms with Crippen LogP contribution >= 0.6 is 11.8 Å². The Balaban J connectivity index is 1.67. The van der Waals surface area contributed by atoms with Gasteiger partial charge >= 0.3 is 6.18 Å². The highest BCUT2D eigenvalue weighted by molar-refractivity contribution is 8.01. The standard InChI is InChI=1S/C19H17F3N2O3S/c1-24(10-11-4-2-3-5-14(11)25)17(26)9-16-18(27)23-13-8-12(19(20,21)22)6-7-15(13)28-16/h2-8,16,25H,9-10H2,1H3,(H,23,27)/t16-/m1/s1. The fourth-order valence-electron chi connectivity index (χ4n) is 2.76. The maximum atomic E-state index is 12.8. The Hall–Kier alpha value is -2.68. The maximum absolute atomic E-state index is 12.8. The summed E-state index contributed by atoms with van der Waals surface area (Å²) in [4.78, 5) is 26.6. The summed E-state index contributed by atoms with van der Waals surface area (Å²) >= 11 is 1.06. The summed E-state index contributed by atoms with van der Waals surface area (Å²) < 4.78 is 38.4. The van der Waals surface area contributed by atoms with E-state index in [4.69, 9.17) is 0 Å². The van der Waals surface area contributed by atoms with Crippen molar-refractivity contribution >= 4 is 29.3 Å². The number of carbonyl (C=O) groups excluding carboxylic acids is 2. The number of phenols is 1. The van der Waals surface area contributed by atoms with Gasteiger partial charge in [0.25, 0.3) is 0 Å². The first-order chi connectivity index (χ1) is 13.1. The number of anilines is 1. The van der Waals surface area contributed by atoms with Crippen LogP contribution in [-0.4, -0.2) is 34.1 Å². The monoisotopic (exact) mass is 410 g/mol. The number of aromatic hydroxyl groups is 1. The van der Waals surface area contributed by atoms with Crippen LogP contribution in [0.3, 0.4) is 0 Å². The average Bonchev–Trinajstić information content (AvgIpc) is 2.63. The van der Waals surface area contributed by atoms with Gasteiger partial charge in [-0.05, 0) is 24.3 Å². The first kappa shape index (κ1) is 20.1. The summed E-state index contributed by atoms with van der Waals surface area (Å²) in [5.41, 5.74) is -0.177. The van der Waals surface area contributed by atoms with E-state index >= 15 is 0 Å². The molecule has 1 heterocycles. The highest BCUT2D eigenvalue weighted by atomic mass is 32.2. The number of nitrogens with zero attached hydrogens (tertiary/aromatic N) is 1. The molecule has 5 nitrogen and oxygen atoms in total. The number of carbonyl (C=O) groups is 2. The Kier molecular flexibility index (Phi) is 5.55. The van der Waals surface area contributed by atoms with Crippen molar-refractivity contribution in [1.29, 1.82) is 0 Å². The number of hydrogen-bond acceptors (Lipinski definition) is 4. The number of amides is 2. The third kappa shape index (κ3) is 4.41. The van der Waals surface area contributed by atoms with Crippen LogP contribution in [0.5, 0.6) is 5.75 Å². The molecule has 0 saturated heterocycles. The van der Waals surface area contributed by atoms with Gasteiger partial charge in [0.2, 0.25) is 11.8 Å². The summed E-state index contributed by atoms with van der Waals surface area (Å²) in [6.07, 6.45) is -4.61. The minimum atomic E-state index is -4.50. The molecular formula is C19H17F3N2O3S. The van der Waals surface area contributed by atoms with Crippen molar-refractivity contribution in [2.75, 3.05) is 12.4 Å². The van der Waals surface area contributed by atoms with E-state index < -0.39 is 22.9 Å². The number of fused-ring (bicyclic) bond motifs is 1. The maximum Gasteiger partial charge on any atom is 0.416 e. The highest BCUT2D eigenvalue weighted by Crippen LogP contribution is 2.40. The summed E-state index contributed by atoms with van der Waals surface area (Å²) in [6.45, 7) is 0.177. The Labute approximate surface area is 163 Å². The minimum Gasteiger partial charge on any atom is -0.508 e. The molecule has 1 atom stereocenters. The molecular weight excluding hydrogens is 393 g/mol. The molecule has 0 fully saturated rings. The summed E-state index contributed by atoms with van der Waals surface area (Å²) in [5, 5.41) is 11.5. The first-order valence-corrected chi connectivity index (χ1v) is 9.22. The number of halogens is 3. The Morgan fingerprint density at radius 1 is 1.25 bits per heavy atom. The second-order valence-corrected chi connectivity index (χ2v) is 7.63. The smallest absolute Gasteiger partial charge is 0.416 e. The Morgan fingerprint density at radius 3 is 2.64 bits per heavy atom. The molecule has 1 aliphatic heterocycles. The number of hydrogen-bond donors (Lipinski definition) is 2. The predicted molar refractivity (Wildman–Crippen MR) is 98.9 cm³/mol. The van der Waals surface area contributed by atoms with Crippen molar-refractivity contribution in [2.45, 2.75) is 29.3 Å². The van der Waals surface area contributed by atoms with Gasteiger partial charge in [-0.3, -0.25) is 9.59 Å². The lowest BCUT2D eigenvalue weighted by Crippen LogP contribution is -2.35. The number of alkyl halides is 3. The second-order valence-electron chi connectivity index (χ2n) is 6.39. The molecule has 0 unspecified atom stereocenters. The van der Waals surface area contributed by atoms with Crippen molar-refractivity contribution in [3.8, 4) is 5.75 Å². The SMILES string of the molecule is CN(Cc1ccccc1O)C(=O)C[C@H]1Sc2ccc(C(F)(F)F)cc2NC1=O. The van der Waals surface area contributed by atoms with Gasteiger partial charge in [0.05, 0.1) is 16.5 Å². The Bertz CT molecular complexity index is 918. The minimum absolute atomic E-state index is 0.0707. The van der Waals surface area contributed by atoms with E-state index in [9.17, 15) is 27.9 Å². The molecule has 0 bridgehead atoms. The highest BCUT2D eigenvalue weighted by Gasteiger charge is 2.34. The van der Waals surface area contributed by atoms with Crippen molar-refractivity contribution in [3.05, 3.63) is 53.6 Å². The van der Waals surface area contributed by atoms with E-state index in [1.165, 1.54) is 17.0 Å². The largest absolute Gasteiger partial charge is 0.508 e. The molecule has 3 rings (SSSR count). The summed E-state index contributed by atoms with van der Waals surface area (Å²) in [6, 6.07) is 9.76. The number of thioether (sulfide) groups is 1. The quantitative estimate of drug-likeness (QED) is 0.803. The number of phenolic OH excluding ortho intramolecular Hbond substituents is 1. The number of nitrogens with one attached hydrogen (secondary N) is 1. The topological polar surface area (TPSA) is 69.6 Å². The van der Waals surface area contributed by atoms with Crippen LogP contribution in [0.2, 0.25) is 0 Å². The van der Waals surface area contributed by atoms with Crippen LogP contribution in [0, 0.1) is 0 Å². The molecule has 1 aliphatic rings. The van der Waals surface area contributed by atoms with Crippen LogP contribution in [0.1, 0.15) is 17.5 Å². The lowest BCUT2D eigenvalue weighted by atomic mass is 10.1.